The van der Waals surface area contributed by atoms with Gasteiger partial charge in [0.05, 0.1) is 6.26 Å². The van der Waals surface area contributed by atoms with Crippen LogP contribution in [0.25, 0.3) is 0 Å². The van der Waals surface area contributed by atoms with Crippen LogP contribution in [0.15, 0.2) is 47.1 Å². The van der Waals surface area contributed by atoms with E-state index < -0.39 is 17.9 Å². The molecule has 1 aliphatic rings. The van der Waals surface area contributed by atoms with Crippen molar-refractivity contribution >= 4 is 17.8 Å². The Morgan fingerprint density at radius 3 is 2.69 bits per heavy atom. The highest BCUT2D eigenvalue weighted by atomic mass is 16.5. The van der Waals surface area contributed by atoms with E-state index in [2.05, 4.69) is 11.4 Å². The number of carbonyl (C=O) groups is 3. The van der Waals surface area contributed by atoms with Crippen LogP contribution < -0.4 is 5.32 Å². The third-order valence-electron chi connectivity index (χ3n) is 4.27. The number of nitrogens with one attached hydrogen (secondary N) is 1. The Bertz CT molecular complexity index is 800. The zero-order valence-electron chi connectivity index (χ0n) is 14.4. The molecule has 0 saturated heterocycles. The topological polar surface area (TPSA) is 88.9 Å². The minimum atomic E-state index is -0.887. The molecule has 1 aromatic carbocycles. The summed E-state index contributed by atoms with van der Waals surface area (Å²) in [6.07, 6.45) is 2.15. The molecule has 0 fully saturated rings. The second-order valence-corrected chi connectivity index (χ2v) is 6.11. The molecule has 0 radical (unpaired) electrons. The number of hydrogen-bond acceptors (Lipinski definition) is 5. The summed E-state index contributed by atoms with van der Waals surface area (Å²) in [4.78, 5) is 37.8. The van der Waals surface area contributed by atoms with E-state index in [1.807, 2.05) is 18.2 Å². The fourth-order valence-corrected chi connectivity index (χ4v) is 2.79. The van der Waals surface area contributed by atoms with Crippen LogP contribution in [0.5, 0.6) is 0 Å². The summed E-state index contributed by atoms with van der Waals surface area (Å²) in [5.41, 5.74) is 2.35. The zero-order chi connectivity index (χ0) is 18.5. The summed E-state index contributed by atoms with van der Waals surface area (Å²) in [6.45, 7) is 2.25. The van der Waals surface area contributed by atoms with Gasteiger partial charge in [-0.3, -0.25) is 9.59 Å². The van der Waals surface area contributed by atoms with Crippen LogP contribution in [-0.2, 0) is 27.3 Å². The standard InChI is InChI=1S/C19H20N2O5/c1-13(20-18(23)16-7-4-10-25-16)19(24)26-12-17(22)21-9-8-14-5-2-3-6-15(14)11-21/h2-7,10,13H,8-9,11-12H2,1H3,(H,20,23)/t13-/m1/s1. The van der Waals surface area contributed by atoms with E-state index in [0.717, 1.165) is 12.0 Å². The van der Waals surface area contributed by atoms with Crippen molar-refractivity contribution in [2.24, 2.45) is 0 Å². The molecule has 0 saturated carbocycles. The lowest BCUT2D eigenvalue weighted by atomic mass is 10.00. The smallest absolute Gasteiger partial charge is 0.328 e. The summed E-state index contributed by atoms with van der Waals surface area (Å²) in [6, 6.07) is 10.2. The van der Waals surface area contributed by atoms with Gasteiger partial charge in [-0.05, 0) is 36.6 Å². The molecule has 0 spiro atoms. The lowest BCUT2D eigenvalue weighted by Crippen LogP contribution is -2.42. The molecule has 136 valence electrons. The minimum Gasteiger partial charge on any atom is -0.459 e. The van der Waals surface area contributed by atoms with Crippen LogP contribution in [0.2, 0.25) is 0 Å². The Labute approximate surface area is 150 Å². The van der Waals surface area contributed by atoms with Gasteiger partial charge in [0.1, 0.15) is 6.04 Å². The van der Waals surface area contributed by atoms with Gasteiger partial charge in [0.15, 0.2) is 12.4 Å². The monoisotopic (exact) mass is 356 g/mol. The third kappa shape index (κ3) is 4.11. The maximum Gasteiger partial charge on any atom is 0.328 e. The molecule has 3 rings (SSSR count). The number of fused-ring (bicyclic) bond motifs is 1. The van der Waals surface area contributed by atoms with Gasteiger partial charge in [-0.2, -0.15) is 0 Å². The molecule has 26 heavy (non-hydrogen) atoms. The van der Waals surface area contributed by atoms with E-state index >= 15 is 0 Å². The van der Waals surface area contributed by atoms with Crippen LogP contribution in [0, 0.1) is 0 Å². The third-order valence-corrected chi connectivity index (χ3v) is 4.27. The van der Waals surface area contributed by atoms with Crippen molar-refractivity contribution in [3.05, 3.63) is 59.5 Å². The average Bonchev–Trinajstić information content (AvgIpc) is 3.20. The molecule has 7 heteroatoms. The number of furan rings is 1. The van der Waals surface area contributed by atoms with E-state index in [0.29, 0.717) is 13.1 Å². The first kappa shape index (κ1) is 17.7. The Hall–Kier alpha value is -3.09. The molecule has 2 heterocycles. The molecular formula is C19H20N2O5. The number of hydrogen-bond donors (Lipinski definition) is 1. The van der Waals surface area contributed by atoms with Gasteiger partial charge in [-0.25, -0.2) is 4.79 Å². The summed E-state index contributed by atoms with van der Waals surface area (Å²) in [7, 11) is 0. The van der Waals surface area contributed by atoms with Crippen molar-refractivity contribution in [1.82, 2.24) is 10.2 Å². The molecule has 0 unspecified atom stereocenters. The minimum absolute atomic E-state index is 0.104. The Balaban J connectivity index is 1.47. The Morgan fingerprint density at radius 2 is 1.96 bits per heavy atom. The largest absolute Gasteiger partial charge is 0.459 e. The van der Waals surface area contributed by atoms with Gasteiger partial charge in [0.2, 0.25) is 0 Å². The molecule has 1 aliphatic heterocycles. The molecule has 2 amide bonds. The fraction of sp³-hybridized carbons (Fsp3) is 0.316. The van der Waals surface area contributed by atoms with Crippen LogP contribution >= 0.6 is 0 Å². The summed E-state index contributed by atoms with van der Waals surface area (Å²) in [5.74, 6) is -1.33. The van der Waals surface area contributed by atoms with Crippen molar-refractivity contribution in [2.45, 2.75) is 25.9 Å². The van der Waals surface area contributed by atoms with Crippen LogP contribution in [-0.4, -0.2) is 41.9 Å². The summed E-state index contributed by atoms with van der Waals surface area (Å²) >= 11 is 0. The van der Waals surface area contributed by atoms with Gasteiger partial charge in [0.25, 0.3) is 11.8 Å². The normalized spacial score (nSPS) is 14.3. The Kier molecular flexibility index (Phi) is 5.36. The predicted octanol–water partition coefficient (Wildman–Crippen LogP) is 1.53. The maximum atomic E-state index is 12.3. The van der Waals surface area contributed by atoms with E-state index in [1.165, 1.54) is 24.8 Å². The molecular weight excluding hydrogens is 336 g/mol. The second-order valence-electron chi connectivity index (χ2n) is 6.11. The highest BCUT2D eigenvalue weighted by molar-refractivity contribution is 5.94. The van der Waals surface area contributed by atoms with Gasteiger partial charge in [0, 0.05) is 13.1 Å². The van der Waals surface area contributed by atoms with Gasteiger partial charge in [-0.1, -0.05) is 24.3 Å². The van der Waals surface area contributed by atoms with Crippen molar-refractivity contribution in [2.75, 3.05) is 13.2 Å². The number of esters is 1. The van der Waals surface area contributed by atoms with Crippen molar-refractivity contribution < 1.29 is 23.5 Å². The summed E-state index contributed by atoms with van der Waals surface area (Å²) < 4.78 is 10.0. The molecule has 1 aromatic heterocycles. The first-order valence-electron chi connectivity index (χ1n) is 8.40. The van der Waals surface area contributed by atoms with Gasteiger partial charge in [-0.15, -0.1) is 0 Å². The average molecular weight is 356 g/mol. The number of ether oxygens (including phenoxy) is 1. The highest BCUT2D eigenvalue weighted by Crippen LogP contribution is 2.18. The van der Waals surface area contributed by atoms with Gasteiger partial charge >= 0.3 is 5.97 Å². The first-order valence-corrected chi connectivity index (χ1v) is 8.40. The Morgan fingerprint density at radius 1 is 1.19 bits per heavy atom. The van der Waals surface area contributed by atoms with E-state index in [9.17, 15) is 14.4 Å². The number of carbonyl (C=O) groups excluding carboxylic acids is 3. The number of rotatable bonds is 5. The van der Waals surface area contributed by atoms with Crippen LogP contribution in [0.3, 0.4) is 0 Å². The van der Waals surface area contributed by atoms with Crippen LogP contribution in [0.1, 0.15) is 28.6 Å². The lowest BCUT2D eigenvalue weighted by Gasteiger charge is -2.28. The first-order chi connectivity index (χ1) is 12.5. The number of amides is 2. The molecule has 1 atom stereocenters. The molecule has 0 bridgehead atoms. The summed E-state index contributed by atoms with van der Waals surface area (Å²) in [5, 5.41) is 2.47. The van der Waals surface area contributed by atoms with E-state index in [-0.39, 0.29) is 18.3 Å². The quantitative estimate of drug-likeness (QED) is 0.821. The molecule has 7 nitrogen and oxygen atoms in total. The SMILES string of the molecule is C[C@@H](NC(=O)c1ccco1)C(=O)OCC(=O)N1CCc2ccccc2C1. The molecule has 0 aliphatic carbocycles. The van der Waals surface area contributed by atoms with E-state index in [1.54, 1.807) is 11.0 Å². The van der Waals surface area contributed by atoms with Gasteiger partial charge < -0.3 is 19.4 Å². The van der Waals surface area contributed by atoms with Crippen molar-refractivity contribution in [3.63, 3.8) is 0 Å². The molecule has 2 aromatic rings. The van der Waals surface area contributed by atoms with Crippen molar-refractivity contribution in [3.8, 4) is 0 Å². The second kappa shape index (κ2) is 7.86. The maximum absolute atomic E-state index is 12.3. The highest BCUT2D eigenvalue weighted by Gasteiger charge is 2.24. The fourth-order valence-electron chi connectivity index (χ4n) is 2.79. The van der Waals surface area contributed by atoms with E-state index in [4.69, 9.17) is 9.15 Å². The number of nitrogens with zero attached hydrogens (tertiary/aromatic N) is 1. The lowest BCUT2D eigenvalue weighted by molar-refractivity contribution is -0.153. The van der Waals surface area contributed by atoms with Crippen LogP contribution in [0.4, 0.5) is 0 Å². The predicted molar refractivity (Wildman–Crippen MR) is 92.2 cm³/mol. The van der Waals surface area contributed by atoms with Crippen molar-refractivity contribution in [1.29, 1.82) is 0 Å². The zero-order valence-corrected chi connectivity index (χ0v) is 14.4. The molecule has 1 N–H and O–H groups in total. The number of benzene rings is 1.